The summed E-state index contributed by atoms with van der Waals surface area (Å²) in [5.74, 6) is 6.84. The molecule has 0 radical (unpaired) electrons. The zero-order valence-corrected chi connectivity index (χ0v) is 13.6. The molecule has 6 atom stereocenters. The Hall–Kier alpha value is -0.520. The van der Waals surface area contributed by atoms with Crippen LogP contribution in [0.25, 0.3) is 0 Å². The largest absolute Gasteiger partial charge is 0.0851 e. The van der Waals surface area contributed by atoms with Gasteiger partial charge in [-0.3, -0.25) is 0 Å². The maximum absolute atomic E-state index is 2.46. The molecule has 2 saturated carbocycles. The van der Waals surface area contributed by atoms with Gasteiger partial charge in [0.2, 0.25) is 0 Å². The minimum Gasteiger partial charge on any atom is -0.0851 e. The minimum atomic E-state index is 0.896. The standard InChI is InChI=1S/C11H18.C9H14/c1-8(2)5-11-7-9-3-4-10(11)6-9;1-2-8-5-7-3-4-9(8)6-7/h3-4,8-11H,5-7H2,1-2H3;3-4,7-9H,2,5-6H2,1H3. The Morgan fingerprint density at radius 1 is 0.800 bits per heavy atom. The normalized spacial score (nSPS) is 43.4. The summed E-state index contributed by atoms with van der Waals surface area (Å²) in [5, 5.41) is 0. The van der Waals surface area contributed by atoms with Crippen molar-refractivity contribution in [3.05, 3.63) is 24.3 Å². The van der Waals surface area contributed by atoms with Crippen LogP contribution >= 0.6 is 0 Å². The van der Waals surface area contributed by atoms with E-state index in [1.807, 2.05) is 0 Å². The van der Waals surface area contributed by atoms with Crippen molar-refractivity contribution in [1.82, 2.24) is 0 Å². The zero-order chi connectivity index (χ0) is 14.1. The fourth-order valence-corrected chi connectivity index (χ4v) is 5.14. The second kappa shape index (κ2) is 6.08. The molecule has 20 heavy (non-hydrogen) atoms. The lowest BCUT2D eigenvalue weighted by Gasteiger charge is -2.19. The van der Waals surface area contributed by atoms with E-state index in [0.717, 1.165) is 41.4 Å². The van der Waals surface area contributed by atoms with E-state index in [1.54, 1.807) is 0 Å². The van der Waals surface area contributed by atoms with Crippen molar-refractivity contribution in [2.75, 3.05) is 0 Å². The van der Waals surface area contributed by atoms with E-state index in [4.69, 9.17) is 0 Å². The van der Waals surface area contributed by atoms with Crippen LogP contribution in [0.5, 0.6) is 0 Å². The molecule has 0 heterocycles. The van der Waals surface area contributed by atoms with E-state index >= 15 is 0 Å². The molecule has 0 amide bonds. The molecule has 2 fully saturated rings. The zero-order valence-electron chi connectivity index (χ0n) is 13.6. The van der Waals surface area contributed by atoms with Crippen LogP contribution in [-0.2, 0) is 0 Å². The summed E-state index contributed by atoms with van der Waals surface area (Å²) in [4.78, 5) is 0. The van der Waals surface area contributed by atoms with Crippen LogP contribution in [-0.4, -0.2) is 0 Å². The van der Waals surface area contributed by atoms with Crippen molar-refractivity contribution < 1.29 is 0 Å². The second-order valence-electron chi connectivity index (χ2n) is 8.12. The fraction of sp³-hybridized carbons (Fsp3) is 0.800. The number of allylic oxidation sites excluding steroid dienone is 4. The Bertz CT molecular complexity index is 375. The topological polar surface area (TPSA) is 0 Å². The summed E-state index contributed by atoms with van der Waals surface area (Å²) in [7, 11) is 0. The number of hydrogen-bond acceptors (Lipinski definition) is 0. The Morgan fingerprint density at radius 3 is 1.65 bits per heavy atom. The molecule has 0 saturated heterocycles. The van der Waals surface area contributed by atoms with Crippen molar-refractivity contribution >= 4 is 0 Å². The van der Waals surface area contributed by atoms with Crippen LogP contribution in [0.3, 0.4) is 0 Å². The van der Waals surface area contributed by atoms with Gasteiger partial charge in [0, 0.05) is 0 Å². The molecule has 0 N–H and O–H groups in total. The van der Waals surface area contributed by atoms with Crippen LogP contribution in [0.2, 0.25) is 0 Å². The molecule has 0 aromatic rings. The predicted molar refractivity (Wildman–Crippen MR) is 87.4 cm³/mol. The van der Waals surface area contributed by atoms with E-state index < -0.39 is 0 Å². The third-order valence-electron chi connectivity index (χ3n) is 6.13. The Balaban J connectivity index is 0.000000123. The molecule has 0 heteroatoms. The average Bonchev–Trinajstić information content (AvgIpc) is 3.18. The summed E-state index contributed by atoms with van der Waals surface area (Å²) in [6, 6.07) is 0. The molecule has 0 spiro atoms. The minimum absolute atomic E-state index is 0.896. The van der Waals surface area contributed by atoms with E-state index in [2.05, 4.69) is 45.1 Å². The monoisotopic (exact) mass is 272 g/mol. The first-order chi connectivity index (χ1) is 9.65. The third kappa shape index (κ3) is 3.05. The molecular weight excluding hydrogens is 240 g/mol. The van der Waals surface area contributed by atoms with Crippen LogP contribution in [0.15, 0.2) is 24.3 Å². The van der Waals surface area contributed by atoms with Gasteiger partial charge >= 0.3 is 0 Å². The number of hydrogen-bond donors (Lipinski definition) is 0. The van der Waals surface area contributed by atoms with Crippen LogP contribution in [0.1, 0.15) is 59.3 Å². The Labute approximate surface area is 125 Å². The molecule has 4 bridgehead atoms. The van der Waals surface area contributed by atoms with Gasteiger partial charge in [0.05, 0.1) is 0 Å². The highest BCUT2D eigenvalue weighted by Gasteiger charge is 2.35. The first-order valence-electron chi connectivity index (χ1n) is 9.02. The first kappa shape index (κ1) is 14.4. The molecule has 0 nitrogen and oxygen atoms in total. The van der Waals surface area contributed by atoms with Crippen molar-refractivity contribution in [2.24, 2.45) is 41.4 Å². The van der Waals surface area contributed by atoms with Crippen molar-refractivity contribution in [1.29, 1.82) is 0 Å². The highest BCUT2D eigenvalue weighted by atomic mass is 14.4. The highest BCUT2D eigenvalue weighted by Crippen LogP contribution is 2.46. The van der Waals surface area contributed by atoms with E-state index in [0.29, 0.717) is 0 Å². The van der Waals surface area contributed by atoms with E-state index in [1.165, 1.54) is 38.5 Å². The smallest absolute Gasteiger partial charge is 0.0199 e. The van der Waals surface area contributed by atoms with Crippen LogP contribution < -0.4 is 0 Å². The lowest BCUT2D eigenvalue weighted by molar-refractivity contribution is 0.359. The number of rotatable bonds is 3. The van der Waals surface area contributed by atoms with Gasteiger partial charge in [-0.1, -0.05) is 51.5 Å². The van der Waals surface area contributed by atoms with Gasteiger partial charge in [-0.05, 0) is 73.5 Å². The van der Waals surface area contributed by atoms with Gasteiger partial charge < -0.3 is 0 Å². The molecule has 0 aromatic heterocycles. The average molecular weight is 272 g/mol. The lowest BCUT2D eigenvalue weighted by Crippen LogP contribution is -2.09. The van der Waals surface area contributed by atoms with E-state index in [-0.39, 0.29) is 0 Å². The summed E-state index contributed by atoms with van der Waals surface area (Å²) < 4.78 is 0. The van der Waals surface area contributed by atoms with Gasteiger partial charge in [0.25, 0.3) is 0 Å². The van der Waals surface area contributed by atoms with Crippen molar-refractivity contribution in [2.45, 2.75) is 59.3 Å². The van der Waals surface area contributed by atoms with Gasteiger partial charge in [-0.2, -0.15) is 0 Å². The van der Waals surface area contributed by atoms with Crippen molar-refractivity contribution in [3.63, 3.8) is 0 Å². The third-order valence-corrected chi connectivity index (χ3v) is 6.13. The van der Waals surface area contributed by atoms with E-state index in [9.17, 15) is 0 Å². The molecule has 4 rings (SSSR count). The van der Waals surface area contributed by atoms with Gasteiger partial charge in [0.1, 0.15) is 0 Å². The van der Waals surface area contributed by atoms with Gasteiger partial charge in [0.15, 0.2) is 0 Å². The first-order valence-corrected chi connectivity index (χ1v) is 9.02. The maximum Gasteiger partial charge on any atom is -0.0199 e. The van der Waals surface area contributed by atoms with Crippen LogP contribution in [0, 0.1) is 41.4 Å². The predicted octanol–water partition coefficient (Wildman–Crippen LogP) is 5.85. The Morgan fingerprint density at radius 2 is 1.35 bits per heavy atom. The summed E-state index contributed by atoms with van der Waals surface area (Å²) in [5.41, 5.74) is 0. The molecule has 4 aliphatic carbocycles. The molecule has 0 aliphatic heterocycles. The highest BCUT2D eigenvalue weighted by molar-refractivity contribution is 5.10. The second-order valence-corrected chi connectivity index (χ2v) is 8.12. The maximum atomic E-state index is 2.46. The molecule has 4 aliphatic rings. The molecule has 6 unspecified atom stereocenters. The molecular formula is C20H32. The van der Waals surface area contributed by atoms with Gasteiger partial charge in [-0.25, -0.2) is 0 Å². The molecule has 112 valence electrons. The quantitative estimate of drug-likeness (QED) is 0.565. The summed E-state index contributed by atoms with van der Waals surface area (Å²) in [6.07, 6.45) is 18.5. The molecule has 0 aromatic carbocycles. The summed E-state index contributed by atoms with van der Waals surface area (Å²) >= 11 is 0. The fourth-order valence-electron chi connectivity index (χ4n) is 5.14. The lowest BCUT2D eigenvalue weighted by atomic mass is 9.86. The van der Waals surface area contributed by atoms with Crippen LogP contribution in [0.4, 0.5) is 0 Å². The SMILES string of the molecule is CC(C)CC1CC2C=CC1C2.CCC1CC2C=CC1C2. The van der Waals surface area contributed by atoms with Gasteiger partial charge in [-0.15, -0.1) is 0 Å². The number of fused-ring (bicyclic) bond motifs is 4. The van der Waals surface area contributed by atoms with Crippen molar-refractivity contribution in [3.8, 4) is 0 Å². The Kier molecular flexibility index (Phi) is 4.38. The summed E-state index contributed by atoms with van der Waals surface area (Å²) in [6.45, 7) is 7.00.